The second kappa shape index (κ2) is 10.5. The van der Waals surface area contributed by atoms with Crippen molar-refractivity contribution in [3.63, 3.8) is 0 Å². The molecule has 2 N–H and O–H groups in total. The van der Waals surface area contributed by atoms with E-state index in [1.807, 2.05) is 60.7 Å². The lowest BCUT2D eigenvalue weighted by molar-refractivity contribution is -0.120. The average Bonchev–Trinajstić information content (AvgIpc) is 3.28. The van der Waals surface area contributed by atoms with Gasteiger partial charge in [0.25, 0.3) is 5.91 Å². The third-order valence-electron chi connectivity index (χ3n) is 5.35. The molecule has 0 fully saturated rings. The Labute approximate surface area is 192 Å². The monoisotopic (exact) mass is 442 g/mol. The zero-order valence-electron chi connectivity index (χ0n) is 18.5. The lowest BCUT2D eigenvalue weighted by Gasteiger charge is -2.07. The molecule has 0 aliphatic rings. The quantitative estimate of drug-likeness (QED) is 0.358. The van der Waals surface area contributed by atoms with Gasteiger partial charge < -0.3 is 19.8 Å². The first kappa shape index (κ1) is 22.1. The number of anilines is 1. The van der Waals surface area contributed by atoms with Crippen LogP contribution in [0.5, 0.6) is 5.75 Å². The number of furan rings is 1. The van der Waals surface area contributed by atoms with Crippen LogP contribution < -0.4 is 15.4 Å². The highest BCUT2D eigenvalue weighted by Gasteiger charge is 2.12. The van der Waals surface area contributed by atoms with Crippen molar-refractivity contribution in [3.05, 3.63) is 95.7 Å². The van der Waals surface area contributed by atoms with Gasteiger partial charge in [0.2, 0.25) is 5.91 Å². The lowest BCUT2D eigenvalue weighted by atomic mass is 10.1. The molecule has 6 nitrogen and oxygen atoms in total. The fraction of sp³-hybridized carbons (Fsp3) is 0.185. The minimum atomic E-state index is -0.312. The molecule has 1 aromatic heterocycles. The number of para-hydroxylation sites is 1. The van der Waals surface area contributed by atoms with Crippen LogP contribution in [0, 0.1) is 0 Å². The van der Waals surface area contributed by atoms with E-state index < -0.39 is 0 Å². The number of nitrogens with one attached hydrogen (secondary N) is 2. The molecule has 0 saturated carbocycles. The second-order valence-corrected chi connectivity index (χ2v) is 7.78. The van der Waals surface area contributed by atoms with Crippen LogP contribution in [-0.2, 0) is 17.6 Å². The fourth-order valence-electron chi connectivity index (χ4n) is 3.55. The van der Waals surface area contributed by atoms with Crippen molar-refractivity contribution in [2.24, 2.45) is 0 Å². The van der Waals surface area contributed by atoms with Gasteiger partial charge in [0.05, 0.1) is 13.5 Å². The maximum atomic E-state index is 12.5. The molecule has 0 atom stereocenters. The Morgan fingerprint density at radius 3 is 2.36 bits per heavy atom. The molecule has 0 saturated heterocycles. The molecule has 0 spiro atoms. The minimum Gasteiger partial charge on any atom is -0.497 e. The Morgan fingerprint density at radius 2 is 1.64 bits per heavy atom. The summed E-state index contributed by atoms with van der Waals surface area (Å²) in [5, 5.41) is 6.66. The van der Waals surface area contributed by atoms with Crippen molar-refractivity contribution < 1.29 is 18.7 Å². The smallest absolute Gasteiger partial charge is 0.291 e. The highest BCUT2D eigenvalue weighted by molar-refractivity contribution is 6.04. The maximum Gasteiger partial charge on any atom is 0.291 e. The van der Waals surface area contributed by atoms with Gasteiger partial charge in [-0.25, -0.2) is 0 Å². The summed E-state index contributed by atoms with van der Waals surface area (Å²) < 4.78 is 10.8. The molecule has 168 valence electrons. The van der Waals surface area contributed by atoms with Crippen LogP contribution in [0.15, 0.2) is 83.3 Å². The maximum absolute atomic E-state index is 12.5. The summed E-state index contributed by atoms with van der Waals surface area (Å²) in [6.07, 6.45) is 2.05. The Morgan fingerprint density at radius 1 is 0.909 bits per heavy atom. The van der Waals surface area contributed by atoms with Crippen LogP contribution in [0.3, 0.4) is 0 Å². The number of benzene rings is 3. The third kappa shape index (κ3) is 6.01. The van der Waals surface area contributed by atoms with E-state index in [0.717, 1.165) is 29.5 Å². The van der Waals surface area contributed by atoms with Gasteiger partial charge in [-0.2, -0.15) is 0 Å². The third-order valence-corrected chi connectivity index (χ3v) is 5.35. The van der Waals surface area contributed by atoms with E-state index in [1.54, 1.807) is 25.3 Å². The molecular formula is C27H26N2O4. The molecule has 0 radical (unpaired) electrons. The highest BCUT2D eigenvalue weighted by Crippen LogP contribution is 2.20. The molecule has 3 aromatic carbocycles. The number of hydrogen-bond acceptors (Lipinski definition) is 4. The average molecular weight is 443 g/mol. The Bertz CT molecular complexity index is 1190. The molecule has 0 unspecified atom stereocenters. The first-order valence-corrected chi connectivity index (χ1v) is 10.9. The summed E-state index contributed by atoms with van der Waals surface area (Å²) in [4.78, 5) is 24.7. The normalized spacial score (nSPS) is 10.7. The van der Waals surface area contributed by atoms with E-state index in [2.05, 4.69) is 10.6 Å². The van der Waals surface area contributed by atoms with Crippen molar-refractivity contribution >= 4 is 28.5 Å². The van der Waals surface area contributed by atoms with Crippen LogP contribution in [0.2, 0.25) is 0 Å². The number of aryl methyl sites for hydroxylation is 1. The van der Waals surface area contributed by atoms with Crippen molar-refractivity contribution in [2.75, 3.05) is 19.0 Å². The van der Waals surface area contributed by atoms with E-state index in [9.17, 15) is 9.59 Å². The second-order valence-electron chi connectivity index (χ2n) is 7.78. The molecule has 2 amide bonds. The molecule has 1 heterocycles. The molecule has 0 bridgehead atoms. The van der Waals surface area contributed by atoms with E-state index >= 15 is 0 Å². The van der Waals surface area contributed by atoms with E-state index in [1.165, 1.54) is 5.56 Å². The summed E-state index contributed by atoms with van der Waals surface area (Å²) in [5.41, 5.74) is 3.41. The highest BCUT2D eigenvalue weighted by atomic mass is 16.5. The molecule has 4 aromatic rings. The van der Waals surface area contributed by atoms with Gasteiger partial charge >= 0.3 is 0 Å². The number of carbonyl (C=O) groups excluding carboxylic acids is 2. The van der Waals surface area contributed by atoms with Crippen LogP contribution in [0.1, 0.15) is 28.1 Å². The predicted molar refractivity (Wildman–Crippen MR) is 129 cm³/mol. The SMILES string of the molecule is COc1ccc(CCCNC(=O)Cc2ccc(NC(=O)c3cc4ccccc4o3)cc2)cc1. The van der Waals surface area contributed by atoms with E-state index in [4.69, 9.17) is 9.15 Å². The number of ether oxygens (including phenoxy) is 1. The Hall–Kier alpha value is -4.06. The number of hydrogen-bond donors (Lipinski definition) is 2. The van der Waals surface area contributed by atoms with Crippen molar-refractivity contribution in [1.29, 1.82) is 0 Å². The standard InChI is InChI=1S/C27H26N2O4/c1-32-23-14-10-19(11-15-23)5-4-16-28-26(30)17-20-8-12-22(13-9-20)29-27(31)25-18-21-6-2-3-7-24(21)33-25/h2-3,6-15,18H,4-5,16-17H2,1H3,(H,28,30)(H,29,31). The Kier molecular flexibility index (Phi) is 7.05. The van der Waals surface area contributed by atoms with Gasteiger partial charge in [-0.1, -0.05) is 42.5 Å². The van der Waals surface area contributed by atoms with Gasteiger partial charge in [0.15, 0.2) is 5.76 Å². The van der Waals surface area contributed by atoms with Crippen LogP contribution >= 0.6 is 0 Å². The van der Waals surface area contributed by atoms with Crippen LogP contribution in [0.25, 0.3) is 11.0 Å². The summed E-state index contributed by atoms with van der Waals surface area (Å²) >= 11 is 0. The summed E-state index contributed by atoms with van der Waals surface area (Å²) in [7, 11) is 1.65. The van der Waals surface area contributed by atoms with Crippen molar-refractivity contribution in [3.8, 4) is 5.75 Å². The lowest BCUT2D eigenvalue weighted by Crippen LogP contribution is -2.26. The molecular weight excluding hydrogens is 416 g/mol. The predicted octanol–water partition coefficient (Wildman–Crippen LogP) is 4.99. The zero-order valence-corrected chi connectivity index (χ0v) is 18.5. The zero-order chi connectivity index (χ0) is 23.0. The van der Waals surface area contributed by atoms with Crippen molar-refractivity contribution in [2.45, 2.75) is 19.3 Å². The van der Waals surface area contributed by atoms with Crippen LogP contribution in [0.4, 0.5) is 5.69 Å². The first-order chi connectivity index (χ1) is 16.1. The number of rotatable bonds is 9. The van der Waals surface area contributed by atoms with Gasteiger partial charge in [0.1, 0.15) is 11.3 Å². The number of amides is 2. The molecule has 6 heteroatoms. The molecule has 4 rings (SSSR count). The minimum absolute atomic E-state index is 0.0243. The topological polar surface area (TPSA) is 80.6 Å². The van der Waals surface area contributed by atoms with Gasteiger partial charge in [-0.3, -0.25) is 9.59 Å². The van der Waals surface area contributed by atoms with Gasteiger partial charge in [0, 0.05) is 17.6 Å². The van der Waals surface area contributed by atoms with E-state index in [0.29, 0.717) is 24.2 Å². The Balaban J connectivity index is 1.21. The molecule has 0 aliphatic carbocycles. The summed E-state index contributed by atoms with van der Waals surface area (Å²) in [5.74, 6) is 0.763. The fourth-order valence-corrected chi connectivity index (χ4v) is 3.55. The van der Waals surface area contributed by atoms with Crippen LogP contribution in [-0.4, -0.2) is 25.5 Å². The number of methoxy groups -OCH3 is 1. The number of carbonyl (C=O) groups is 2. The molecule has 0 aliphatic heterocycles. The summed E-state index contributed by atoms with van der Waals surface area (Å²) in [6.45, 7) is 0.622. The van der Waals surface area contributed by atoms with Crippen molar-refractivity contribution in [1.82, 2.24) is 5.32 Å². The number of fused-ring (bicyclic) bond motifs is 1. The van der Waals surface area contributed by atoms with Gasteiger partial charge in [-0.05, 0) is 60.4 Å². The van der Waals surface area contributed by atoms with E-state index in [-0.39, 0.29) is 17.6 Å². The molecule has 33 heavy (non-hydrogen) atoms. The summed E-state index contributed by atoms with van der Waals surface area (Å²) in [6, 6.07) is 24.4. The largest absolute Gasteiger partial charge is 0.497 e. The van der Waals surface area contributed by atoms with Gasteiger partial charge in [-0.15, -0.1) is 0 Å². The first-order valence-electron chi connectivity index (χ1n) is 10.9.